The molecule has 2 atom stereocenters. The number of carbonyl (C=O) groups excluding carboxylic acids is 1. The number of fused-ring (bicyclic) bond motifs is 1. The number of nitrogens with one attached hydrogen (secondary N) is 1. The Morgan fingerprint density at radius 1 is 1.22 bits per heavy atom. The van der Waals surface area contributed by atoms with Crippen molar-refractivity contribution < 1.29 is 9.90 Å². The molecule has 0 saturated carbocycles. The number of hydrogen-bond donors (Lipinski definition) is 2. The van der Waals surface area contributed by atoms with Crippen LogP contribution in [-0.4, -0.2) is 44.4 Å². The Labute approximate surface area is 163 Å². The zero-order valence-electron chi connectivity index (χ0n) is 14.9. The maximum atomic E-state index is 12.8. The molecule has 2 aromatic carbocycles. The van der Waals surface area contributed by atoms with Crippen molar-refractivity contribution in [1.82, 2.24) is 14.9 Å². The predicted molar refractivity (Wildman–Crippen MR) is 106 cm³/mol. The van der Waals surface area contributed by atoms with E-state index >= 15 is 0 Å². The van der Waals surface area contributed by atoms with Crippen molar-refractivity contribution in [2.45, 2.75) is 38.0 Å². The topological polar surface area (TPSA) is 69.2 Å². The van der Waals surface area contributed by atoms with E-state index in [0.29, 0.717) is 37.4 Å². The fraction of sp³-hybridized carbons (Fsp3) is 0.333. The molecule has 0 radical (unpaired) electrons. The van der Waals surface area contributed by atoms with Gasteiger partial charge in [-0.05, 0) is 30.2 Å². The maximum Gasteiger partial charge on any atom is 0.150 e. The molecule has 1 aromatic heterocycles. The molecule has 27 heavy (non-hydrogen) atoms. The first kappa shape index (κ1) is 18.2. The molecule has 1 aliphatic heterocycles. The number of halogens is 1. The van der Waals surface area contributed by atoms with Gasteiger partial charge in [-0.25, -0.2) is 4.98 Å². The normalized spacial score (nSPS) is 20.4. The summed E-state index contributed by atoms with van der Waals surface area (Å²) in [4.78, 5) is 22.7. The van der Waals surface area contributed by atoms with Crippen molar-refractivity contribution >= 4 is 28.4 Å². The number of aromatic nitrogens is 2. The zero-order chi connectivity index (χ0) is 18.8. The number of nitrogens with zero attached hydrogens (tertiary/aromatic N) is 2. The van der Waals surface area contributed by atoms with Crippen LogP contribution in [0, 0.1) is 0 Å². The maximum absolute atomic E-state index is 12.8. The van der Waals surface area contributed by atoms with Crippen LogP contribution in [0.25, 0.3) is 11.0 Å². The molecular weight excluding hydrogens is 362 g/mol. The van der Waals surface area contributed by atoms with E-state index < -0.39 is 6.10 Å². The van der Waals surface area contributed by atoms with E-state index in [0.717, 1.165) is 22.4 Å². The van der Waals surface area contributed by atoms with Gasteiger partial charge in [0.15, 0.2) is 5.78 Å². The zero-order valence-corrected chi connectivity index (χ0v) is 15.7. The second-order valence-electron chi connectivity index (χ2n) is 7.09. The molecule has 6 heteroatoms. The minimum absolute atomic E-state index is 0.138. The summed E-state index contributed by atoms with van der Waals surface area (Å²) in [7, 11) is 0. The van der Waals surface area contributed by atoms with E-state index in [-0.39, 0.29) is 11.8 Å². The molecule has 140 valence electrons. The van der Waals surface area contributed by atoms with Crippen LogP contribution >= 0.6 is 11.6 Å². The van der Waals surface area contributed by atoms with Gasteiger partial charge in [-0.15, -0.1) is 0 Å². The van der Waals surface area contributed by atoms with Gasteiger partial charge in [0.2, 0.25) is 0 Å². The van der Waals surface area contributed by atoms with E-state index in [2.05, 4.69) is 9.97 Å². The molecule has 4 rings (SSSR count). The third-order valence-electron chi connectivity index (χ3n) is 5.13. The molecular formula is C21H22ClN3O2. The quantitative estimate of drug-likeness (QED) is 0.684. The van der Waals surface area contributed by atoms with Gasteiger partial charge in [-0.1, -0.05) is 41.9 Å². The number of aromatic amines is 1. The minimum atomic E-state index is -0.479. The fourth-order valence-corrected chi connectivity index (χ4v) is 3.96. The molecule has 2 N–H and O–H groups in total. The molecule has 1 aliphatic rings. The summed E-state index contributed by atoms with van der Waals surface area (Å²) in [6, 6.07) is 15.2. The smallest absolute Gasteiger partial charge is 0.150 e. The number of hydrogen-bond acceptors (Lipinski definition) is 4. The summed E-state index contributed by atoms with van der Waals surface area (Å²) in [6.07, 6.45) is 0.965. The highest BCUT2D eigenvalue weighted by molar-refractivity contribution is 6.31. The van der Waals surface area contributed by atoms with Gasteiger partial charge in [-0.2, -0.15) is 0 Å². The number of para-hydroxylation sites is 2. The van der Waals surface area contributed by atoms with Crippen LogP contribution in [0.3, 0.4) is 0 Å². The number of imidazole rings is 1. The lowest BCUT2D eigenvalue weighted by molar-refractivity contribution is -0.123. The molecule has 1 fully saturated rings. The Bertz CT molecular complexity index is 922. The van der Waals surface area contributed by atoms with Crippen molar-refractivity contribution in [2.75, 3.05) is 6.54 Å². The van der Waals surface area contributed by atoms with Crippen molar-refractivity contribution in [3.05, 3.63) is 64.9 Å². The van der Waals surface area contributed by atoms with Gasteiger partial charge in [0.25, 0.3) is 0 Å². The summed E-state index contributed by atoms with van der Waals surface area (Å²) in [6.45, 7) is 1.06. The Balaban J connectivity index is 1.42. The van der Waals surface area contributed by atoms with Crippen LogP contribution in [0.1, 0.15) is 24.2 Å². The summed E-state index contributed by atoms with van der Waals surface area (Å²) in [5.41, 5.74) is 2.87. The number of aliphatic hydroxyl groups is 1. The van der Waals surface area contributed by atoms with Crippen molar-refractivity contribution in [3.63, 3.8) is 0 Å². The highest BCUT2D eigenvalue weighted by Gasteiger charge is 2.35. The predicted octanol–water partition coefficient (Wildman–Crippen LogP) is 3.35. The van der Waals surface area contributed by atoms with Gasteiger partial charge in [-0.3, -0.25) is 9.69 Å². The van der Waals surface area contributed by atoms with Crippen LogP contribution in [0.2, 0.25) is 5.02 Å². The van der Waals surface area contributed by atoms with Crippen LogP contribution in [-0.2, 0) is 17.8 Å². The fourth-order valence-electron chi connectivity index (χ4n) is 3.77. The summed E-state index contributed by atoms with van der Waals surface area (Å²) in [5.74, 6) is 0.958. The molecule has 0 spiro atoms. The van der Waals surface area contributed by atoms with Gasteiger partial charge in [0, 0.05) is 31.0 Å². The number of aryl methyl sites for hydroxylation is 1. The number of benzene rings is 2. The average Bonchev–Trinajstić information content (AvgIpc) is 3.24. The lowest BCUT2D eigenvalue weighted by atomic mass is 10.0. The van der Waals surface area contributed by atoms with E-state index in [1.54, 1.807) is 0 Å². The number of likely N-dealkylation sites (tertiary alicyclic amines) is 1. The Hall–Kier alpha value is -2.21. The van der Waals surface area contributed by atoms with Gasteiger partial charge in [0.1, 0.15) is 5.82 Å². The SMILES string of the molecule is O=C(CCc1nc2ccccc2[nH]1)C1CC(O)CN1Cc1ccccc1Cl. The minimum Gasteiger partial charge on any atom is -0.392 e. The van der Waals surface area contributed by atoms with Crippen molar-refractivity contribution in [3.8, 4) is 0 Å². The third kappa shape index (κ3) is 4.05. The summed E-state index contributed by atoms with van der Waals surface area (Å²) < 4.78 is 0. The summed E-state index contributed by atoms with van der Waals surface area (Å²) in [5, 5.41) is 10.8. The lowest BCUT2D eigenvalue weighted by Crippen LogP contribution is -2.36. The molecule has 2 unspecified atom stereocenters. The van der Waals surface area contributed by atoms with Gasteiger partial charge < -0.3 is 10.1 Å². The average molecular weight is 384 g/mol. The van der Waals surface area contributed by atoms with Gasteiger partial charge >= 0.3 is 0 Å². The molecule has 3 aromatic rings. The number of aliphatic hydroxyl groups excluding tert-OH is 1. The number of ketones is 1. The van der Waals surface area contributed by atoms with Crippen molar-refractivity contribution in [1.29, 1.82) is 0 Å². The van der Waals surface area contributed by atoms with E-state index in [1.165, 1.54) is 0 Å². The van der Waals surface area contributed by atoms with Gasteiger partial charge in [0.05, 0.1) is 23.2 Å². The molecule has 0 bridgehead atoms. The number of β-amino-alcohol motifs (C(OH)–C–C–N with tert-alkyl or cyclic N) is 1. The number of rotatable bonds is 6. The van der Waals surface area contributed by atoms with Crippen LogP contribution in [0.4, 0.5) is 0 Å². The number of carbonyl (C=O) groups is 1. The Kier molecular flexibility index (Phi) is 5.25. The number of Topliss-reactive ketones (excluding diaryl/α,β-unsaturated/α-hetero) is 1. The van der Waals surface area contributed by atoms with Crippen LogP contribution < -0.4 is 0 Å². The summed E-state index contributed by atoms with van der Waals surface area (Å²) >= 11 is 6.26. The first-order valence-electron chi connectivity index (χ1n) is 9.22. The molecule has 5 nitrogen and oxygen atoms in total. The monoisotopic (exact) mass is 383 g/mol. The molecule has 0 amide bonds. The standard InChI is InChI=1S/C21H22ClN3O2/c22-16-6-2-1-5-14(16)12-25-13-15(26)11-19(25)20(27)9-10-21-23-17-7-3-4-8-18(17)24-21/h1-8,15,19,26H,9-13H2,(H,23,24). The Morgan fingerprint density at radius 2 is 2.00 bits per heavy atom. The molecule has 1 saturated heterocycles. The first-order chi connectivity index (χ1) is 13.1. The van der Waals surface area contributed by atoms with Crippen LogP contribution in [0.15, 0.2) is 48.5 Å². The lowest BCUT2D eigenvalue weighted by Gasteiger charge is -2.23. The molecule has 0 aliphatic carbocycles. The Morgan fingerprint density at radius 3 is 2.81 bits per heavy atom. The largest absolute Gasteiger partial charge is 0.392 e. The molecule has 2 heterocycles. The highest BCUT2D eigenvalue weighted by Crippen LogP contribution is 2.25. The second-order valence-corrected chi connectivity index (χ2v) is 7.50. The third-order valence-corrected chi connectivity index (χ3v) is 5.50. The van der Waals surface area contributed by atoms with E-state index in [1.807, 2.05) is 53.4 Å². The first-order valence-corrected chi connectivity index (χ1v) is 9.60. The van der Waals surface area contributed by atoms with E-state index in [4.69, 9.17) is 11.6 Å². The second kappa shape index (κ2) is 7.80. The highest BCUT2D eigenvalue weighted by atomic mass is 35.5. The number of H-pyrrole nitrogens is 1. The van der Waals surface area contributed by atoms with E-state index in [9.17, 15) is 9.90 Å². The van der Waals surface area contributed by atoms with Crippen molar-refractivity contribution in [2.24, 2.45) is 0 Å². The van der Waals surface area contributed by atoms with Crippen LogP contribution in [0.5, 0.6) is 0 Å².